The van der Waals surface area contributed by atoms with Crippen LogP contribution in [-0.2, 0) is 7.05 Å². The molecule has 1 N–H and O–H groups in total. The Morgan fingerprint density at radius 2 is 2.06 bits per heavy atom. The number of nitrogens with zero attached hydrogens (tertiary/aromatic N) is 3. The van der Waals surface area contributed by atoms with Crippen LogP contribution in [0, 0.1) is 30.1 Å². The van der Waals surface area contributed by atoms with Gasteiger partial charge < -0.3 is 5.32 Å². The second-order valence-electron chi connectivity index (χ2n) is 4.65. The monoisotopic (exact) mass is 220 g/mol. The maximum absolute atomic E-state index is 9.04. The third-order valence-corrected chi connectivity index (χ3v) is 3.06. The standard InChI is InChI=1S/C12H20N4/c1-8(2)9(3)7-14-12-11(6-13)10(4)15-16(12)5/h8-9,14H,7H2,1-5H3. The number of aromatic nitrogens is 2. The molecule has 4 heteroatoms. The molecule has 1 heterocycles. The molecule has 1 atom stereocenters. The van der Waals surface area contributed by atoms with E-state index in [1.807, 2.05) is 14.0 Å². The number of nitriles is 1. The molecule has 0 aliphatic carbocycles. The molecule has 0 saturated carbocycles. The molecular weight excluding hydrogens is 200 g/mol. The summed E-state index contributed by atoms with van der Waals surface area (Å²) in [6, 6.07) is 2.19. The zero-order chi connectivity index (χ0) is 12.3. The number of hydrogen-bond acceptors (Lipinski definition) is 3. The summed E-state index contributed by atoms with van der Waals surface area (Å²) in [5, 5.41) is 16.6. The smallest absolute Gasteiger partial charge is 0.142 e. The van der Waals surface area contributed by atoms with Crippen LogP contribution in [0.2, 0.25) is 0 Å². The van der Waals surface area contributed by atoms with Gasteiger partial charge in [0.1, 0.15) is 17.5 Å². The predicted molar refractivity (Wildman–Crippen MR) is 65.2 cm³/mol. The van der Waals surface area contributed by atoms with Crippen molar-refractivity contribution in [3.63, 3.8) is 0 Å². The Morgan fingerprint density at radius 1 is 1.44 bits per heavy atom. The van der Waals surface area contributed by atoms with Crippen LogP contribution in [0.25, 0.3) is 0 Å². The first-order valence-corrected chi connectivity index (χ1v) is 5.65. The van der Waals surface area contributed by atoms with E-state index in [0.29, 0.717) is 17.4 Å². The van der Waals surface area contributed by atoms with Crippen molar-refractivity contribution in [1.82, 2.24) is 9.78 Å². The number of nitrogens with one attached hydrogen (secondary N) is 1. The van der Waals surface area contributed by atoms with E-state index < -0.39 is 0 Å². The molecule has 0 aliphatic rings. The second-order valence-corrected chi connectivity index (χ2v) is 4.65. The molecule has 0 fully saturated rings. The Labute approximate surface area is 97.3 Å². The summed E-state index contributed by atoms with van der Waals surface area (Å²) in [6.07, 6.45) is 0. The Hall–Kier alpha value is -1.50. The molecule has 4 nitrogen and oxygen atoms in total. The summed E-state index contributed by atoms with van der Waals surface area (Å²) in [5.41, 5.74) is 1.43. The molecule has 0 aromatic carbocycles. The highest BCUT2D eigenvalue weighted by atomic mass is 15.3. The summed E-state index contributed by atoms with van der Waals surface area (Å²) in [4.78, 5) is 0. The maximum Gasteiger partial charge on any atom is 0.142 e. The van der Waals surface area contributed by atoms with Gasteiger partial charge in [0.05, 0.1) is 5.69 Å². The lowest BCUT2D eigenvalue weighted by atomic mass is 9.98. The summed E-state index contributed by atoms with van der Waals surface area (Å²) >= 11 is 0. The van der Waals surface area contributed by atoms with E-state index in [4.69, 9.17) is 5.26 Å². The number of aryl methyl sites for hydroxylation is 2. The lowest BCUT2D eigenvalue weighted by molar-refractivity contribution is 0.438. The molecular formula is C12H20N4. The van der Waals surface area contributed by atoms with Gasteiger partial charge in [-0.05, 0) is 18.8 Å². The molecule has 1 rings (SSSR count). The molecule has 16 heavy (non-hydrogen) atoms. The number of hydrogen-bond donors (Lipinski definition) is 1. The van der Waals surface area contributed by atoms with Crippen LogP contribution in [0.5, 0.6) is 0 Å². The molecule has 0 amide bonds. The Morgan fingerprint density at radius 3 is 2.56 bits per heavy atom. The summed E-state index contributed by atoms with van der Waals surface area (Å²) in [6.45, 7) is 9.33. The van der Waals surface area contributed by atoms with Crippen LogP contribution in [0.4, 0.5) is 5.82 Å². The van der Waals surface area contributed by atoms with Gasteiger partial charge in [0.15, 0.2) is 0 Å². The van der Waals surface area contributed by atoms with Crippen LogP contribution in [-0.4, -0.2) is 16.3 Å². The van der Waals surface area contributed by atoms with Crippen molar-refractivity contribution < 1.29 is 0 Å². The summed E-state index contributed by atoms with van der Waals surface area (Å²) in [7, 11) is 1.86. The van der Waals surface area contributed by atoms with Crippen molar-refractivity contribution in [1.29, 1.82) is 5.26 Å². The van der Waals surface area contributed by atoms with E-state index in [1.54, 1.807) is 4.68 Å². The van der Waals surface area contributed by atoms with Gasteiger partial charge in [0.2, 0.25) is 0 Å². The number of rotatable bonds is 4. The Bertz CT molecular complexity index is 398. The van der Waals surface area contributed by atoms with Crippen molar-refractivity contribution in [2.75, 3.05) is 11.9 Å². The van der Waals surface area contributed by atoms with E-state index >= 15 is 0 Å². The normalized spacial score (nSPS) is 12.6. The minimum atomic E-state index is 0.571. The lowest BCUT2D eigenvalue weighted by Gasteiger charge is -2.17. The molecule has 0 radical (unpaired) electrons. The molecule has 1 unspecified atom stereocenters. The molecule has 88 valence electrons. The first kappa shape index (κ1) is 12.6. The Balaban J connectivity index is 2.78. The highest BCUT2D eigenvalue weighted by Gasteiger charge is 2.14. The van der Waals surface area contributed by atoms with Crippen molar-refractivity contribution in [3.05, 3.63) is 11.3 Å². The third kappa shape index (κ3) is 2.54. The van der Waals surface area contributed by atoms with E-state index in [-0.39, 0.29) is 0 Å². The van der Waals surface area contributed by atoms with Gasteiger partial charge in [0.25, 0.3) is 0 Å². The van der Waals surface area contributed by atoms with Gasteiger partial charge in [-0.25, -0.2) is 0 Å². The van der Waals surface area contributed by atoms with Gasteiger partial charge in [-0.2, -0.15) is 10.4 Å². The summed E-state index contributed by atoms with van der Waals surface area (Å²) < 4.78 is 1.74. The quantitative estimate of drug-likeness (QED) is 0.847. The summed E-state index contributed by atoms with van der Waals surface area (Å²) in [5.74, 6) is 2.03. The van der Waals surface area contributed by atoms with E-state index in [1.165, 1.54) is 0 Å². The van der Waals surface area contributed by atoms with Crippen LogP contribution in [0.15, 0.2) is 0 Å². The van der Waals surface area contributed by atoms with E-state index in [9.17, 15) is 0 Å². The first-order valence-electron chi connectivity index (χ1n) is 5.65. The molecule has 1 aromatic rings. The molecule has 0 saturated heterocycles. The van der Waals surface area contributed by atoms with Crippen LogP contribution in [0.1, 0.15) is 32.0 Å². The Kier molecular flexibility index (Phi) is 3.94. The topological polar surface area (TPSA) is 53.6 Å². The zero-order valence-electron chi connectivity index (χ0n) is 10.7. The fourth-order valence-corrected chi connectivity index (χ4v) is 1.49. The van der Waals surface area contributed by atoms with Gasteiger partial charge in [0, 0.05) is 13.6 Å². The minimum Gasteiger partial charge on any atom is -0.369 e. The highest BCUT2D eigenvalue weighted by molar-refractivity contribution is 5.54. The van der Waals surface area contributed by atoms with Crippen LogP contribution < -0.4 is 5.32 Å². The second kappa shape index (κ2) is 5.02. The SMILES string of the molecule is Cc1nn(C)c(NCC(C)C(C)C)c1C#N. The average molecular weight is 220 g/mol. The van der Waals surface area contributed by atoms with E-state index in [2.05, 4.69) is 37.3 Å². The van der Waals surface area contributed by atoms with Crippen molar-refractivity contribution in [2.45, 2.75) is 27.7 Å². The van der Waals surface area contributed by atoms with Gasteiger partial charge in [-0.3, -0.25) is 4.68 Å². The van der Waals surface area contributed by atoms with E-state index in [0.717, 1.165) is 18.1 Å². The van der Waals surface area contributed by atoms with Crippen molar-refractivity contribution in [3.8, 4) is 6.07 Å². The average Bonchev–Trinajstić information content (AvgIpc) is 2.48. The van der Waals surface area contributed by atoms with Crippen molar-refractivity contribution >= 4 is 5.82 Å². The molecule has 0 bridgehead atoms. The van der Waals surface area contributed by atoms with Crippen LogP contribution >= 0.6 is 0 Å². The maximum atomic E-state index is 9.04. The minimum absolute atomic E-state index is 0.571. The van der Waals surface area contributed by atoms with Gasteiger partial charge in [-0.1, -0.05) is 20.8 Å². The highest BCUT2D eigenvalue weighted by Crippen LogP contribution is 2.18. The molecule has 1 aromatic heterocycles. The van der Waals surface area contributed by atoms with Crippen LogP contribution in [0.3, 0.4) is 0 Å². The first-order chi connectivity index (χ1) is 7.47. The predicted octanol–water partition coefficient (Wildman–Crippen LogP) is 2.30. The number of anilines is 1. The fraction of sp³-hybridized carbons (Fsp3) is 0.667. The zero-order valence-corrected chi connectivity index (χ0v) is 10.7. The van der Waals surface area contributed by atoms with Crippen molar-refractivity contribution in [2.24, 2.45) is 18.9 Å². The fourth-order valence-electron chi connectivity index (χ4n) is 1.49. The van der Waals surface area contributed by atoms with Gasteiger partial charge >= 0.3 is 0 Å². The van der Waals surface area contributed by atoms with Gasteiger partial charge in [-0.15, -0.1) is 0 Å². The third-order valence-electron chi connectivity index (χ3n) is 3.06. The molecule has 0 aliphatic heterocycles. The largest absolute Gasteiger partial charge is 0.369 e. The molecule has 0 spiro atoms. The lowest BCUT2D eigenvalue weighted by Crippen LogP contribution is -2.18.